The number of hydrogen-bond donors (Lipinski definition) is 1. The third-order valence-corrected chi connectivity index (χ3v) is 5.57. The number of methoxy groups -OCH3 is 2. The van der Waals surface area contributed by atoms with E-state index in [2.05, 4.69) is 49.2 Å². The van der Waals surface area contributed by atoms with Crippen LogP contribution in [0.4, 0.5) is 5.69 Å². The number of allylic oxidation sites excluding steroid dienone is 1. The van der Waals surface area contributed by atoms with Gasteiger partial charge in [-0.3, -0.25) is 0 Å². The van der Waals surface area contributed by atoms with Crippen molar-refractivity contribution in [1.29, 1.82) is 0 Å². The molecule has 0 radical (unpaired) electrons. The molecule has 1 N–H and O–H groups in total. The van der Waals surface area contributed by atoms with Crippen LogP contribution in [0.3, 0.4) is 0 Å². The van der Waals surface area contributed by atoms with Gasteiger partial charge in [-0.2, -0.15) is 0 Å². The van der Waals surface area contributed by atoms with Crippen LogP contribution in [0.1, 0.15) is 38.7 Å². The van der Waals surface area contributed by atoms with Gasteiger partial charge in [0.2, 0.25) is 0 Å². The largest absolute Gasteiger partial charge is 0.497 e. The summed E-state index contributed by atoms with van der Waals surface area (Å²) in [7, 11) is 3.37. The Bertz CT molecular complexity index is 866. The van der Waals surface area contributed by atoms with Gasteiger partial charge in [0.15, 0.2) is 0 Å². The fourth-order valence-corrected chi connectivity index (χ4v) is 4.15. The average Bonchev–Trinajstić information content (AvgIpc) is 2.78. The highest BCUT2D eigenvalue weighted by Gasteiger charge is 2.29. The molecule has 0 aliphatic carbocycles. The maximum absolute atomic E-state index is 9.69. The van der Waals surface area contributed by atoms with E-state index in [9.17, 15) is 5.11 Å². The van der Waals surface area contributed by atoms with Crippen LogP contribution in [0.2, 0.25) is 0 Å². The molecular formula is C25H31NO3. The van der Waals surface area contributed by atoms with E-state index in [4.69, 9.17) is 9.47 Å². The molecule has 29 heavy (non-hydrogen) atoms. The predicted octanol–water partition coefficient (Wildman–Crippen LogP) is 5.43. The molecular weight excluding hydrogens is 362 g/mol. The Hall–Kier alpha value is -2.72. The van der Waals surface area contributed by atoms with E-state index < -0.39 is 0 Å². The van der Waals surface area contributed by atoms with Gasteiger partial charge >= 0.3 is 0 Å². The summed E-state index contributed by atoms with van der Waals surface area (Å²) in [6.45, 7) is 4.56. The molecule has 4 heteroatoms. The van der Waals surface area contributed by atoms with Gasteiger partial charge in [0.05, 0.1) is 20.3 Å². The first-order valence-electron chi connectivity index (χ1n) is 10.3. The molecule has 0 spiro atoms. The second-order valence-corrected chi connectivity index (χ2v) is 7.13. The van der Waals surface area contributed by atoms with E-state index in [0.29, 0.717) is 6.42 Å². The van der Waals surface area contributed by atoms with E-state index >= 15 is 0 Å². The summed E-state index contributed by atoms with van der Waals surface area (Å²) in [5, 5.41) is 9.69. The molecule has 0 saturated heterocycles. The zero-order valence-corrected chi connectivity index (χ0v) is 17.8. The smallest absolute Gasteiger partial charge is 0.119 e. The lowest BCUT2D eigenvalue weighted by atomic mass is 9.83. The van der Waals surface area contributed by atoms with Crippen LogP contribution in [-0.4, -0.2) is 32.0 Å². The molecule has 1 aliphatic heterocycles. The summed E-state index contributed by atoms with van der Waals surface area (Å²) in [6.07, 6.45) is 4.77. The van der Waals surface area contributed by atoms with Gasteiger partial charge in [-0.1, -0.05) is 26.0 Å². The maximum Gasteiger partial charge on any atom is 0.119 e. The SMILES string of the molecule is CCC1=C(c2ccc(OC)cc2)C(CC)N(c2ccc(OC)cc2)C=C1CCO. The fraction of sp³-hybridized carbons (Fsp3) is 0.360. The van der Waals surface area contributed by atoms with Gasteiger partial charge in [-0.05, 0) is 77.9 Å². The normalized spacial score (nSPS) is 16.7. The molecule has 1 heterocycles. The van der Waals surface area contributed by atoms with E-state index in [-0.39, 0.29) is 12.6 Å². The highest BCUT2D eigenvalue weighted by molar-refractivity contribution is 5.82. The van der Waals surface area contributed by atoms with Crippen LogP contribution in [0.15, 0.2) is 65.9 Å². The number of hydrogen-bond acceptors (Lipinski definition) is 4. The molecule has 2 aromatic carbocycles. The molecule has 4 nitrogen and oxygen atoms in total. The summed E-state index contributed by atoms with van der Waals surface area (Å²) < 4.78 is 10.7. The molecule has 154 valence electrons. The Morgan fingerprint density at radius 2 is 1.48 bits per heavy atom. The first kappa shape index (κ1) is 21.0. The number of aliphatic hydroxyl groups is 1. The van der Waals surface area contributed by atoms with Gasteiger partial charge in [0.1, 0.15) is 11.5 Å². The van der Waals surface area contributed by atoms with Crippen molar-refractivity contribution in [2.45, 2.75) is 39.2 Å². The third-order valence-electron chi connectivity index (χ3n) is 5.57. The standard InChI is InChI=1S/C25H31NO3/c1-5-23-19(15-16-27)17-26(20-9-13-22(29-4)14-10-20)24(6-2)25(23)18-7-11-21(28-3)12-8-18/h7-14,17,24,27H,5-6,15-16H2,1-4H3. The van der Waals surface area contributed by atoms with Crippen LogP contribution in [0, 0.1) is 0 Å². The molecule has 1 atom stereocenters. The zero-order chi connectivity index (χ0) is 20.8. The van der Waals surface area contributed by atoms with Crippen LogP contribution >= 0.6 is 0 Å². The molecule has 0 saturated carbocycles. The average molecular weight is 394 g/mol. The summed E-state index contributed by atoms with van der Waals surface area (Å²) in [6, 6.07) is 16.7. The van der Waals surface area contributed by atoms with Gasteiger partial charge in [0.25, 0.3) is 0 Å². The van der Waals surface area contributed by atoms with Crippen molar-refractivity contribution in [2.75, 3.05) is 25.7 Å². The summed E-state index contributed by atoms with van der Waals surface area (Å²) in [4.78, 5) is 2.34. The fourth-order valence-electron chi connectivity index (χ4n) is 4.15. The van der Waals surface area contributed by atoms with E-state index in [0.717, 1.165) is 30.0 Å². The van der Waals surface area contributed by atoms with Crippen molar-refractivity contribution < 1.29 is 14.6 Å². The van der Waals surface area contributed by atoms with Crippen LogP contribution in [0.25, 0.3) is 5.57 Å². The quantitative estimate of drug-likeness (QED) is 0.649. The lowest BCUT2D eigenvalue weighted by molar-refractivity contribution is 0.299. The molecule has 1 unspecified atom stereocenters. The molecule has 3 rings (SSSR count). The molecule has 0 aromatic heterocycles. The minimum absolute atomic E-state index is 0.137. The molecule has 0 bridgehead atoms. The Morgan fingerprint density at radius 3 is 1.97 bits per heavy atom. The van der Waals surface area contributed by atoms with Crippen molar-refractivity contribution in [3.05, 3.63) is 71.4 Å². The van der Waals surface area contributed by atoms with Crippen molar-refractivity contribution in [3.8, 4) is 11.5 Å². The predicted molar refractivity (Wildman–Crippen MR) is 120 cm³/mol. The topological polar surface area (TPSA) is 41.9 Å². The first-order valence-corrected chi connectivity index (χ1v) is 10.3. The highest BCUT2D eigenvalue weighted by atomic mass is 16.5. The third kappa shape index (κ3) is 4.33. The Kier molecular flexibility index (Phi) is 6.99. The number of rotatable bonds is 8. The molecule has 1 aliphatic rings. The zero-order valence-electron chi connectivity index (χ0n) is 17.8. The Balaban J connectivity index is 2.13. The Labute approximate surface area is 174 Å². The van der Waals surface area contributed by atoms with Gasteiger partial charge in [0, 0.05) is 18.5 Å². The van der Waals surface area contributed by atoms with Crippen LogP contribution in [-0.2, 0) is 0 Å². The second kappa shape index (κ2) is 9.66. The van der Waals surface area contributed by atoms with Crippen molar-refractivity contribution in [1.82, 2.24) is 0 Å². The summed E-state index contributed by atoms with van der Waals surface area (Å²) in [5.41, 5.74) is 6.19. The molecule has 0 amide bonds. The van der Waals surface area contributed by atoms with E-state index in [1.807, 2.05) is 24.3 Å². The second-order valence-electron chi connectivity index (χ2n) is 7.13. The highest BCUT2D eigenvalue weighted by Crippen LogP contribution is 2.41. The minimum Gasteiger partial charge on any atom is -0.497 e. The monoisotopic (exact) mass is 393 g/mol. The molecule has 0 fully saturated rings. The number of benzene rings is 2. The molecule has 2 aromatic rings. The van der Waals surface area contributed by atoms with E-state index in [1.54, 1.807) is 14.2 Å². The Morgan fingerprint density at radius 1 is 0.897 bits per heavy atom. The number of anilines is 1. The lowest BCUT2D eigenvalue weighted by Crippen LogP contribution is -2.35. The summed E-state index contributed by atoms with van der Waals surface area (Å²) >= 11 is 0. The van der Waals surface area contributed by atoms with E-state index in [1.165, 1.54) is 22.3 Å². The minimum atomic E-state index is 0.137. The van der Waals surface area contributed by atoms with Crippen molar-refractivity contribution in [3.63, 3.8) is 0 Å². The lowest BCUT2D eigenvalue weighted by Gasteiger charge is -2.39. The van der Waals surface area contributed by atoms with Gasteiger partial charge < -0.3 is 19.5 Å². The van der Waals surface area contributed by atoms with Crippen molar-refractivity contribution >= 4 is 11.3 Å². The van der Waals surface area contributed by atoms with Crippen molar-refractivity contribution in [2.24, 2.45) is 0 Å². The van der Waals surface area contributed by atoms with Crippen LogP contribution in [0.5, 0.6) is 11.5 Å². The van der Waals surface area contributed by atoms with Crippen LogP contribution < -0.4 is 14.4 Å². The number of aliphatic hydroxyl groups excluding tert-OH is 1. The van der Waals surface area contributed by atoms with Gasteiger partial charge in [-0.15, -0.1) is 0 Å². The first-order chi connectivity index (χ1) is 14.2. The summed E-state index contributed by atoms with van der Waals surface area (Å²) in [5.74, 6) is 1.70. The number of nitrogens with zero attached hydrogens (tertiary/aromatic N) is 1. The maximum atomic E-state index is 9.69. The van der Waals surface area contributed by atoms with Gasteiger partial charge in [-0.25, -0.2) is 0 Å². The number of ether oxygens (including phenoxy) is 2.